The Balaban J connectivity index is 4.45. The quantitative estimate of drug-likeness (QED) is 0.0262. The molecule has 0 spiro atoms. The van der Waals surface area contributed by atoms with Crippen LogP contribution in [0.5, 0.6) is 0 Å². The molecular formula is C61H104O6. The maximum absolute atomic E-state index is 12.8. The highest BCUT2D eigenvalue weighted by molar-refractivity contribution is 5.71. The van der Waals surface area contributed by atoms with E-state index in [4.69, 9.17) is 14.2 Å². The van der Waals surface area contributed by atoms with Gasteiger partial charge in [-0.15, -0.1) is 0 Å². The average Bonchev–Trinajstić information content (AvgIpc) is 3.33. The molecule has 6 heteroatoms. The number of carbonyl (C=O) groups is 3. The molecule has 0 aromatic heterocycles. The largest absolute Gasteiger partial charge is 0.462 e. The molecule has 0 bridgehead atoms. The van der Waals surface area contributed by atoms with Crippen molar-refractivity contribution >= 4 is 17.9 Å². The molecule has 0 unspecified atom stereocenters. The van der Waals surface area contributed by atoms with Crippen LogP contribution in [0.15, 0.2) is 85.1 Å². The standard InChI is InChI=1S/C61H104O6/c1-4-7-10-13-16-19-22-25-27-29-30-32-34-37-39-42-45-48-51-54-60(63)66-57-58(67-61(64)55-52-49-46-43-40-35-24-21-18-15-12-9-6-3)56-65-59(62)53-50-47-44-41-38-36-33-31-28-26-23-20-17-14-11-8-5-2/h16-17,19-21,24-28,30,32,37,39,58H,4-15,18,22-23,29,31,33-36,38,40-57H2,1-3H3/b19-16-,20-17-,24-21-,27-25-,28-26-,32-30-,39-37-/t58-/m0/s1. The van der Waals surface area contributed by atoms with Crippen molar-refractivity contribution in [1.29, 1.82) is 0 Å². The third-order valence-electron chi connectivity index (χ3n) is 11.8. The van der Waals surface area contributed by atoms with E-state index in [9.17, 15) is 14.4 Å². The van der Waals surface area contributed by atoms with E-state index in [1.807, 2.05) is 0 Å². The third kappa shape index (κ3) is 53.4. The lowest BCUT2D eigenvalue weighted by Crippen LogP contribution is -2.30. The van der Waals surface area contributed by atoms with Crippen molar-refractivity contribution in [3.63, 3.8) is 0 Å². The third-order valence-corrected chi connectivity index (χ3v) is 11.8. The summed E-state index contributed by atoms with van der Waals surface area (Å²) in [6.45, 7) is 6.53. The molecule has 0 radical (unpaired) electrons. The molecule has 0 aromatic carbocycles. The van der Waals surface area contributed by atoms with E-state index in [0.717, 1.165) is 109 Å². The summed E-state index contributed by atoms with van der Waals surface area (Å²) in [7, 11) is 0. The zero-order valence-corrected chi connectivity index (χ0v) is 43.9. The van der Waals surface area contributed by atoms with Crippen molar-refractivity contribution in [2.45, 2.75) is 271 Å². The molecule has 0 heterocycles. The highest BCUT2D eigenvalue weighted by atomic mass is 16.6. The van der Waals surface area contributed by atoms with Crippen LogP contribution < -0.4 is 0 Å². The minimum Gasteiger partial charge on any atom is -0.462 e. The normalized spacial score (nSPS) is 12.7. The van der Waals surface area contributed by atoms with Crippen molar-refractivity contribution < 1.29 is 28.6 Å². The number of esters is 3. The summed E-state index contributed by atoms with van der Waals surface area (Å²) in [6, 6.07) is 0. The second kappa shape index (κ2) is 55.2. The number of hydrogen-bond acceptors (Lipinski definition) is 6. The molecule has 0 saturated heterocycles. The Kier molecular flexibility index (Phi) is 52.4. The topological polar surface area (TPSA) is 78.9 Å². The average molecular weight is 933 g/mol. The fraction of sp³-hybridized carbons (Fsp3) is 0.721. The van der Waals surface area contributed by atoms with Crippen LogP contribution in [0.4, 0.5) is 0 Å². The Labute approximate surface area is 414 Å². The van der Waals surface area contributed by atoms with Crippen molar-refractivity contribution in [3.8, 4) is 0 Å². The van der Waals surface area contributed by atoms with Crippen molar-refractivity contribution in [2.75, 3.05) is 13.2 Å². The van der Waals surface area contributed by atoms with E-state index >= 15 is 0 Å². The second-order valence-corrected chi connectivity index (χ2v) is 18.5. The van der Waals surface area contributed by atoms with Crippen LogP contribution in [0.2, 0.25) is 0 Å². The van der Waals surface area contributed by atoms with Gasteiger partial charge in [0.05, 0.1) is 0 Å². The molecule has 0 aliphatic carbocycles. The minimum absolute atomic E-state index is 0.0945. The van der Waals surface area contributed by atoms with Gasteiger partial charge in [0.15, 0.2) is 6.10 Å². The van der Waals surface area contributed by atoms with Crippen molar-refractivity contribution in [1.82, 2.24) is 0 Å². The molecule has 1 atom stereocenters. The predicted molar refractivity (Wildman–Crippen MR) is 288 cm³/mol. The summed E-state index contributed by atoms with van der Waals surface area (Å²) in [5.41, 5.74) is 0. The lowest BCUT2D eigenvalue weighted by molar-refractivity contribution is -0.167. The van der Waals surface area contributed by atoms with Crippen molar-refractivity contribution in [2.24, 2.45) is 0 Å². The molecule has 0 rings (SSSR count). The zero-order valence-electron chi connectivity index (χ0n) is 43.9. The number of unbranched alkanes of at least 4 members (excludes halogenated alkanes) is 25. The highest BCUT2D eigenvalue weighted by Gasteiger charge is 2.19. The van der Waals surface area contributed by atoms with Crippen LogP contribution in [-0.4, -0.2) is 37.2 Å². The molecule has 0 fully saturated rings. The lowest BCUT2D eigenvalue weighted by atomic mass is 10.1. The molecule has 0 amide bonds. The van der Waals surface area contributed by atoms with Gasteiger partial charge in [0.25, 0.3) is 0 Å². The number of carbonyl (C=O) groups excluding carboxylic acids is 3. The molecule has 384 valence electrons. The fourth-order valence-corrected chi connectivity index (χ4v) is 7.57. The fourth-order valence-electron chi connectivity index (χ4n) is 7.57. The number of ether oxygens (including phenoxy) is 3. The van der Waals surface area contributed by atoms with Gasteiger partial charge in [-0.2, -0.15) is 0 Å². The number of hydrogen-bond donors (Lipinski definition) is 0. The maximum Gasteiger partial charge on any atom is 0.306 e. The van der Waals surface area contributed by atoms with Gasteiger partial charge >= 0.3 is 17.9 Å². The van der Waals surface area contributed by atoms with Crippen LogP contribution in [-0.2, 0) is 28.6 Å². The summed E-state index contributed by atoms with van der Waals surface area (Å²) in [6.07, 6.45) is 71.3. The molecule has 0 N–H and O–H groups in total. The summed E-state index contributed by atoms with van der Waals surface area (Å²) < 4.78 is 16.8. The Hall–Kier alpha value is -3.41. The van der Waals surface area contributed by atoms with Crippen LogP contribution >= 0.6 is 0 Å². The molecule has 0 aromatic rings. The monoisotopic (exact) mass is 933 g/mol. The SMILES string of the molecule is CCCCC/C=C\C/C=C\C/C=C\C/C=C\CCCCCC(=O)OC[C@H](COC(=O)CCCCCCCCC/C=C\C/C=C\CCCCC)OC(=O)CCCCCCC/C=C\CCCCCC. The van der Waals surface area contributed by atoms with Gasteiger partial charge in [0.2, 0.25) is 0 Å². The molecule has 6 nitrogen and oxygen atoms in total. The molecule has 0 aliphatic heterocycles. The molecule has 67 heavy (non-hydrogen) atoms. The van der Waals surface area contributed by atoms with Gasteiger partial charge in [-0.3, -0.25) is 14.4 Å². The van der Waals surface area contributed by atoms with Gasteiger partial charge in [0, 0.05) is 19.3 Å². The van der Waals surface area contributed by atoms with Crippen molar-refractivity contribution in [3.05, 3.63) is 85.1 Å². The first-order valence-electron chi connectivity index (χ1n) is 28.1. The van der Waals surface area contributed by atoms with Crippen LogP contribution in [0.25, 0.3) is 0 Å². The number of allylic oxidation sites excluding steroid dienone is 14. The smallest absolute Gasteiger partial charge is 0.306 e. The maximum atomic E-state index is 12.8. The minimum atomic E-state index is -0.798. The number of rotatable bonds is 50. The highest BCUT2D eigenvalue weighted by Crippen LogP contribution is 2.14. The summed E-state index contributed by atoms with van der Waals surface area (Å²) in [5.74, 6) is -0.939. The zero-order chi connectivity index (χ0) is 48.6. The van der Waals surface area contributed by atoms with Gasteiger partial charge in [-0.1, -0.05) is 209 Å². The Bertz CT molecular complexity index is 1300. The molecular weight excluding hydrogens is 829 g/mol. The summed E-state index contributed by atoms with van der Waals surface area (Å²) >= 11 is 0. The van der Waals surface area contributed by atoms with E-state index in [0.29, 0.717) is 19.3 Å². The van der Waals surface area contributed by atoms with Crippen LogP contribution in [0.3, 0.4) is 0 Å². The lowest BCUT2D eigenvalue weighted by Gasteiger charge is -2.18. The summed E-state index contributed by atoms with van der Waals surface area (Å²) in [4.78, 5) is 38.1. The van der Waals surface area contributed by atoms with E-state index in [1.165, 1.54) is 116 Å². The van der Waals surface area contributed by atoms with Crippen LogP contribution in [0.1, 0.15) is 265 Å². The first-order chi connectivity index (χ1) is 33.0. The van der Waals surface area contributed by atoms with E-state index in [2.05, 4.69) is 106 Å². The molecule has 0 aliphatic rings. The first-order valence-corrected chi connectivity index (χ1v) is 28.1. The van der Waals surface area contributed by atoms with Gasteiger partial charge in [-0.25, -0.2) is 0 Å². The Morgan fingerprint density at radius 3 is 0.896 bits per heavy atom. The van der Waals surface area contributed by atoms with Gasteiger partial charge < -0.3 is 14.2 Å². The second-order valence-electron chi connectivity index (χ2n) is 18.5. The predicted octanol–water partition coefficient (Wildman–Crippen LogP) is 18.8. The van der Waals surface area contributed by atoms with Gasteiger partial charge in [-0.05, 0) is 122 Å². The van der Waals surface area contributed by atoms with E-state index < -0.39 is 6.10 Å². The first kappa shape index (κ1) is 63.6. The van der Waals surface area contributed by atoms with E-state index in [1.54, 1.807) is 0 Å². The summed E-state index contributed by atoms with van der Waals surface area (Å²) in [5, 5.41) is 0. The molecule has 0 saturated carbocycles. The van der Waals surface area contributed by atoms with Crippen LogP contribution in [0, 0.1) is 0 Å². The van der Waals surface area contributed by atoms with Gasteiger partial charge in [0.1, 0.15) is 13.2 Å². The van der Waals surface area contributed by atoms with E-state index in [-0.39, 0.29) is 31.1 Å². The Morgan fingerprint density at radius 1 is 0.299 bits per heavy atom. The Morgan fingerprint density at radius 2 is 0.537 bits per heavy atom.